The molecule has 6 nitrogen and oxygen atoms in total. The number of halogens is 2. The van der Waals surface area contributed by atoms with E-state index in [2.05, 4.69) is 10.1 Å². The Morgan fingerprint density at radius 3 is 2.59 bits per heavy atom. The van der Waals surface area contributed by atoms with Crippen molar-refractivity contribution >= 4 is 5.91 Å². The predicted octanol–water partition coefficient (Wildman–Crippen LogP) is 3.62. The van der Waals surface area contributed by atoms with E-state index in [1.165, 1.54) is 13.2 Å². The van der Waals surface area contributed by atoms with Crippen molar-refractivity contribution in [3.63, 3.8) is 0 Å². The lowest BCUT2D eigenvalue weighted by Gasteiger charge is -2.37. The monoisotopic (exact) mass is 405 g/mol. The molecule has 4 rings (SSSR count). The maximum atomic E-state index is 12.8. The molecule has 0 atom stereocenters. The molecule has 1 amide bonds. The third-order valence-electron chi connectivity index (χ3n) is 5.06. The van der Waals surface area contributed by atoms with Crippen LogP contribution in [0.15, 0.2) is 30.3 Å². The van der Waals surface area contributed by atoms with E-state index >= 15 is 0 Å². The highest BCUT2D eigenvalue weighted by atomic mass is 19.3. The van der Waals surface area contributed by atoms with Gasteiger partial charge >= 0.3 is 6.61 Å². The van der Waals surface area contributed by atoms with Gasteiger partial charge in [0.25, 0.3) is 5.91 Å². The minimum absolute atomic E-state index is 0.0985. The molecule has 2 aliphatic heterocycles. The zero-order chi connectivity index (χ0) is 20.6. The molecule has 1 saturated heterocycles. The van der Waals surface area contributed by atoms with Crippen LogP contribution in [0.25, 0.3) is 11.1 Å². The number of rotatable bonds is 7. The summed E-state index contributed by atoms with van der Waals surface area (Å²) in [7, 11) is 1.38. The highest BCUT2D eigenvalue weighted by Gasteiger charge is 2.35. The molecule has 0 spiro atoms. The Labute approximate surface area is 166 Å². The van der Waals surface area contributed by atoms with Crippen LogP contribution in [0.2, 0.25) is 0 Å². The summed E-state index contributed by atoms with van der Waals surface area (Å²) >= 11 is 0. The standard InChI is InChI=1S/C21H21F2NO5/c1-21(9-27-10-21)11-28-17-14(5-6-16(18(17)26-2)29-20(22)23)12-3-4-15-13(7-12)8-24-19(15)25/h3-7,20H,8-11H2,1-2H3,(H,24,25). The van der Waals surface area contributed by atoms with Gasteiger partial charge in [0.15, 0.2) is 11.5 Å². The fourth-order valence-corrected chi connectivity index (χ4v) is 3.48. The van der Waals surface area contributed by atoms with Crippen LogP contribution in [0.1, 0.15) is 22.8 Å². The molecule has 2 aliphatic rings. The summed E-state index contributed by atoms with van der Waals surface area (Å²) in [6, 6.07) is 8.51. The largest absolute Gasteiger partial charge is 0.490 e. The van der Waals surface area contributed by atoms with E-state index in [1.807, 2.05) is 13.0 Å². The second kappa shape index (κ2) is 7.51. The first kappa shape index (κ1) is 19.4. The second-order valence-corrected chi connectivity index (χ2v) is 7.50. The van der Waals surface area contributed by atoms with Gasteiger partial charge in [0.05, 0.1) is 26.9 Å². The molecular weight excluding hydrogens is 384 g/mol. The first-order valence-electron chi connectivity index (χ1n) is 9.18. The van der Waals surface area contributed by atoms with Crippen molar-refractivity contribution in [2.45, 2.75) is 20.1 Å². The van der Waals surface area contributed by atoms with Crippen molar-refractivity contribution in [2.24, 2.45) is 5.41 Å². The summed E-state index contributed by atoms with van der Waals surface area (Å²) in [6.45, 7) is 0.929. The Balaban J connectivity index is 1.76. The normalized spacial score (nSPS) is 16.8. The van der Waals surface area contributed by atoms with Gasteiger partial charge in [-0.25, -0.2) is 0 Å². The minimum atomic E-state index is -2.99. The zero-order valence-electron chi connectivity index (χ0n) is 16.1. The van der Waals surface area contributed by atoms with Crippen molar-refractivity contribution in [3.8, 4) is 28.4 Å². The number of carbonyl (C=O) groups is 1. The smallest absolute Gasteiger partial charge is 0.387 e. The van der Waals surface area contributed by atoms with E-state index in [1.54, 1.807) is 18.2 Å². The van der Waals surface area contributed by atoms with E-state index in [9.17, 15) is 13.6 Å². The molecule has 29 heavy (non-hydrogen) atoms. The van der Waals surface area contributed by atoms with Crippen molar-refractivity contribution < 1.29 is 32.5 Å². The topological polar surface area (TPSA) is 66.0 Å². The number of ether oxygens (including phenoxy) is 4. The fourth-order valence-electron chi connectivity index (χ4n) is 3.48. The Morgan fingerprint density at radius 1 is 1.17 bits per heavy atom. The third-order valence-corrected chi connectivity index (χ3v) is 5.06. The Bertz CT molecular complexity index is 943. The van der Waals surface area contributed by atoms with Crippen LogP contribution in [0.4, 0.5) is 8.78 Å². The summed E-state index contributed by atoms with van der Waals surface area (Å²) in [5.74, 6) is 0.200. The highest BCUT2D eigenvalue weighted by Crippen LogP contribution is 2.46. The number of amides is 1. The third kappa shape index (κ3) is 3.72. The number of methoxy groups -OCH3 is 1. The molecule has 0 aliphatic carbocycles. The van der Waals surface area contributed by atoms with Gasteiger partial charge in [0, 0.05) is 23.1 Å². The fraction of sp³-hybridized carbons (Fsp3) is 0.381. The first-order valence-corrected chi connectivity index (χ1v) is 9.18. The minimum Gasteiger partial charge on any atom is -0.490 e. The number of fused-ring (bicyclic) bond motifs is 1. The van der Waals surface area contributed by atoms with Gasteiger partial charge in [-0.15, -0.1) is 0 Å². The molecule has 0 radical (unpaired) electrons. The van der Waals surface area contributed by atoms with E-state index in [-0.39, 0.29) is 22.8 Å². The van der Waals surface area contributed by atoms with Crippen molar-refractivity contribution in [3.05, 3.63) is 41.5 Å². The quantitative estimate of drug-likeness (QED) is 0.762. The maximum absolute atomic E-state index is 12.8. The summed E-state index contributed by atoms with van der Waals surface area (Å²) < 4.78 is 47.0. The molecule has 1 fully saturated rings. The second-order valence-electron chi connectivity index (χ2n) is 7.50. The Hall–Kier alpha value is -2.87. The van der Waals surface area contributed by atoms with Crippen LogP contribution in [-0.2, 0) is 11.3 Å². The molecule has 0 saturated carbocycles. The van der Waals surface area contributed by atoms with Crippen LogP contribution in [0.5, 0.6) is 17.2 Å². The van der Waals surface area contributed by atoms with Gasteiger partial charge in [-0.3, -0.25) is 4.79 Å². The van der Waals surface area contributed by atoms with Crippen molar-refractivity contribution in [1.82, 2.24) is 5.32 Å². The molecule has 8 heteroatoms. The van der Waals surface area contributed by atoms with Gasteiger partial charge in [-0.05, 0) is 35.4 Å². The summed E-state index contributed by atoms with van der Waals surface area (Å²) in [5.41, 5.74) is 2.78. The van der Waals surface area contributed by atoms with Crippen LogP contribution in [0.3, 0.4) is 0 Å². The molecule has 1 N–H and O–H groups in total. The van der Waals surface area contributed by atoms with E-state index in [0.717, 1.165) is 11.1 Å². The SMILES string of the molecule is COc1c(OC(F)F)ccc(-c2ccc3c(c2)CNC3=O)c1OCC1(C)COC1. The molecule has 154 valence electrons. The Morgan fingerprint density at radius 2 is 1.93 bits per heavy atom. The molecule has 0 bridgehead atoms. The number of alkyl halides is 2. The van der Waals surface area contributed by atoms with Crippen molar-refractivity contribution in [1.29, 1.82) is 0 Å². The molecule has 0 aromatic heterocycles. The van der Waals surface area contributed by atoms with E-state index in [4.69, 9.17) is 14.2 Å². The molecule has 2 heterocycles. The van der Waals surface area contributed by atoms with Gasteiger partial charge in [0.1, 0.15) is 0 Å². The lowest BCUT2D eigenvalue weighted by molar-refractivity contribution is -0.120. The number of nitrogens with one attached hydrogen (secondary N) is 1. The predicted molar refractivity (Wildman–Crippen MR) is 101 cm³/mol. The molecular formula is C21H21F2NO5. The van der Waals surface area contributed by atoms with Crippen molar-refractivity contribution in [2.75, 3.05) is 26.9 Å². The van der Waals surface area contributed by atoms with E-state index in [0.29, 0.717) is 43.2 Å². The number of hydrogen-bond donors (Lipinski definition) is 1. The van der Waals surface area contributed by atoms with E-state index < -0.39 is 6.61 Å². The lowest BCUT2D eigenvalue weighted by atomic mass is 9.90. The average Bonchev–Trinajstić information content (AvgIpc) is 3.04. The van der Waals surface area contributed by atoms with Crippen LogP contribution < -0.4 is 19.5 Å². The van der Waals surface area contributed by atoms with Gasteiger partial charge in [-0.2, -0.15) is 8.78 Å². The molecule has 2 aromatic rings. The number of benzene rings is 2. The summed E-state index contributed by atoms with van der Waals surface area (Å²) in [4.78, 5) is 11.8. The maximum Gasteiger partial charge on any atom is 0.387 e. The van der Waals surface area contributed by atoms with Crippen LogP contribution >= 0.6 is 0 Å². The molecule has 2 aromatic carbocycles. The number of hydrogen-bond acceptors (Lipinski definition) is 5. The average molecular weight is 405 g/mol. The zero-order valence-corrected chi connectivity index (χ0v) is 16.1. The highest BCUT2D eigenvalue weighted by molar-refractivity contribution is 5.99. The van der Waals surface area contributed by atoms with Gasteiger partial charge in [0.2, 0.25) is 5.75 Å². The number of carbonyl (C=O) groups excluding carboxylic acids is 1. The van der Waals surface area contributed by atoms with Crippen LogP contribution in [-0.4, -0.2) is 39.4 Å². The van der Waals surface area contributed by atoms with Gasteiger partial charge in [-0.1, -0.05) is 13.0 Å². The lowest BCUT2D eigenvalue weighted by Crippen LogP contribution is -2.44. The first-order chi connectivity index (χ1) is 13.9. The summed E-state index contributed by atoms with van der Waals surface area (Å²) in [5, 5.41) is 2.78. The summed E-state index contributed by atoms with van der Waals surface area (Å²) in [6.07, 6.45) is 0. The van der Waals surface area contributed by atoms with Gasteiger partial charge < -0.3 is 24.3 Å². The van der Waals surface area contributed by atoms with Crippen LogP contribution in [0, 0.1) is 5.41 Å². The Kier molecular flexibility index (Phi) is 5.04. The molecule has 0 unspecified atom stereocenters.